The largest absolute Gasteiger partial charge is 0.223 e. The van der Waals surface area contributed by atoms with Gasteiger partial charge in [-0.3, -0.25) is 0 Å². The maximum Gasteiger partial charge on any atom is 0.192 e. The molecular weight excluding hydrogens is 411 g/mol. The molecule has 0 unspecified atom stereocenters. The zero-order chi connectivity index (χ0) is 21.4. The van der Waals surface area contributed by atoms with E-state index < -0.39 is 35.5 Å². The molecule has 4 nitrogen and oxygen atoms in total. The van der Waals surface area contributed by atoms with Crippen molar-refractivity contribution < 1.29 is 21.2 Å². The Morgan fingerprint density at radius 2 is 1.38 bits per heavy atom. The van der Waals surface area contributed by atoms with E-state index in [0.717, 1.165) is 35.4 Å². The first-order valence-electron chi connectivity index (χ1n) is 8.86. The van der Waals surface area contributed by atoms with Crippen LogP contribution in [0.5, 0.6) is 0 Å². The Kier molecular flexibility index (Phi) is 5.40. The van der Waals surface area contributed by atoms with Crippen LogP contribution in [0.15, 0.2) is 95.0 Å². The highest BCUT2D eigenvalue weighted by molar-refractivity contribution is 7.97. The number of halogens is 1. The maximum atomic E-state index is 14.1. The summed E-state index contributed by atoms with van der Waals surface area (Å²) < 4.78 is 66.0. The van der Waals surface area contributed by atoms with Gasteiger partial charge in [0.1, 0.15) is 15.8 Å². The summed E-state index contributed by atoms with van der Waals surface area (Å²) in [6, 6.07) is 12.1. The molecule has 0 aliphatic heterocycles. The van der Waals surface area contributed by atoms with Crippen LogP contribution in [0.25, 0.3) is 0 Å². The van der Waals surface area contributed by atoms with E-state index in [0.29, 0.717) is 0 Å². The fraction of sp³-hybridized carbons (Fsp3) is 0.182. The third kappa shape index (κ3) is 3.49. The molecule has 0 saturated carbocycles. The van der Waals surface area contributed by atoms with Crippen molar-refractivity contribution >= 4 is 19.7 Å². The molecule has 0 spiro atoms. The van der Waals surface area contributed by atoms with Gasteiger partial charge in [0.2, 0.25) is 0 Å². The normalized spacial score (nSPS) is 22.2. The Balaban J connectivity index is 2.26. The summed E-state index contributed by atoms with van der Waals surface area (Å²) in [5.74, 6) is -0.817. The van der Waals surface area contributed by atoms with Crippen molar-refractivity contribution in [3.63, 3.8) is 0 Å². The summed E-state index contributed by atoms with van der Waals surface area (Å²) in [7, 11) is -8.51. The smallest absolute Gasteiger partial charge is 0.192 e. The molecule has 29 heavy (non-hydrogen) atoms. The van der Waals surface area contributed by atoms with Crippen LogP contribution in [0.3, 0.4) is 0 Å². The number of hydrogen-bond acceptors (Lipinski definition) is 4. The summed E-state index contributed by atoms with van der Waals surface area (Å²) in [5.41, 5.74) is 1.70. The van der Waals surface area contributed by atoms with E-state index in [9.17, 15) is 21.2 Å². The fourth-order valence-electron chi connectivity index (χ4n) is 3.30. The molecule has 1 aliphatic carbocycles. The third-order valence-electron chi connectivity index (χ3n) is 5.06. The average molecular weight is 433 g/mol. The molecule has 0 amide bonds. The lowest BCUT2D eigenvalue weighted by Crippen LogP contribution is -2.50. The molecule has 0 N–H and O–H groups in total. The van der Waals surface area contributed by atoms with E-state index in [-0.39, 0.29) is 9.79 Å². The highest BCUT2D eigenvalue weighted by Gasteiger charge is 2.53. The van der Waals surface area contributed by atoms with Crippen molar-refractivity contribution in [3.8, 4) is 0 Å². The van der Waals surface area contributed by atoms with Crippen LogP contribution in [0.2, 0.25) is 0 Å². The molecule has 7 heteroatoms. The van der Waals surface area contributed by atoms with Crippen molar-refractivity contribution in [2.75, 3.05) is 0 Å². The SMILES string of the molecule is C=C[C@@]1(S(=O)(=O)c2ccc(C)cc2)C=CC(F)=C[C@H]1S(=O)(=O)c1ccc(C)cc1. The van der Waals surface area contributed by atoms with Crippen molar-refractivity contribution in [1.82, 2.24) is 0 Å². The number of allylic oxidation sites excluding steroid dienone is 2. The minimum Gasteiger partial charge on any atom is -0.223 e. The molecule has 2 aromatic carbocycles. The molecule has 1 aliphatic rings. The number of sulfone groups is 2. The Morgan fingerprint density at radius 3 is 1.86 bits per heavy atom. The molecule has 3 rings (SSSR count). The van der Waals surface area contributed by atoms with Crippen molar-refractivity contribution in [3.05, 3.63) is 96.4 Å². The number of aryl methyl sites for hydroxylation is 2. The lowest BCUT2D eigenvalue weighted by atomic mass is 9.99. The zero-order valence-corrected chi connectivity index (χ0v) is 17.7. The molecule has 152 valence electrons. The quantitative estimate of drug-likeness (QED) is 0.662. The first kappa shape index (κ1) is 21.2. The summed E-state index contributed by atoms with van der Waals surface area (Å²) in [6.07, 6.45) is 3.94. The highest BCUT2D eigenvalue weighted by Crippen LogP contribution is 2.41. The van der Waals surface area contributed by atoms with Crippen molar-refractivity contribution in [2.45, 2.75) is 33.6 Å². The molecule has 0 bridgehead atoms. The molecule has 0 radical (unpaired) electrons. The second kappa shape index (κ2) is 7.39. The van der Waals surface area contributed by atoms with Gasteiger partial charge < -0.3 is 0 Å². The monoisotopic (exact) mass is 432 g/mol. The molecule has 0 aromatic heterocycles. The lowest BCUT2D eigenvalue weighted by molar-refractivity contribution is 0.550. The van der Waals surface area contributed by atoms with E-state index in [1.165, 1.54) is 24.3 Å². The van der Waals surface area contributed by atoms with Crippen LogP contribution in [-0.4, -0.2) is 26.8 Å². The average Bonchev–Trinajstić information content (AvgIpc) is 2.68. The zero-order valence-electron chi connectivity index (χ0n) is 16.0. The van der Waals surface area contributed by atoms with Crippen molar-refractivity contribution in [2.24, 2.45) is 0 Å². The Hall–Kier alpha value is -2.51. The second-order valence-corrected chi connectivity index (χ2v) is 11.3. The molecule has 0 fully saturated rings. The van der Waals surface area contributed by atoms with Gasteiger partial charge in [-0.15, -0.1) is 6.58 Å². The van der Waals surface area contributed by atoms with Gasteiger partial charge in [-0.25, -0.2) is 21.2 Å². The van der Waals surface area contributed by atoms with Crippen LogP contribution in [0, 0.1) is 13.8 Å². The first-order chi connectivity index (χ1) is 13.5. The highest BCUT2D eigenvalue weighted by atomic mass is 32.2. The third-order valence-corrected chi connectivity index (χ3v) is 9.71. The van der Waals surface area contributed by atoms with Gasteiger partial charge >= 0.3 is 0 Å². The minimum absolute atomic E-state index is 0.0625. The van der Waals surface area contributed by atoms with E-state index >= 15 is 0 Å². The Morgan fingerprint density at radius 1 is 0.897 bits per heavy atom. The van der Waals surface area contributed by atoms with Crippen LogP contribution >= 0.6 is 0 Å². The predicted molar refractivity (Wildman–Crippen MR) is 112 cm³/mol. The lowest BCUT2D eigenvalue weighted by Gasteiger charge is -2.35. The van der Waals surface area contributed by atoms with E-state index in [1.54, 1.807) is 31.2 Å². The Bertz CT molecular complexity index is 1210. The van der Waals surface area contributed by atoms with Gasteiger partial charge in [0.05, 0.1) is 9.79 Å². The van der Waals surface area contributed by atoms with Crippen LogP contribution in [0.4, 0.5) is 4.39 Å². The molecule has 0 saturated heterocycles. The van der Waals surface area contributed by atoms with Gasteiger partial charge in [0, 0.05) is 0 Å². The second-order valence-electron chi connectivity index (χ2n) is 7.04. The summed E-state index contributed by atoms with van der Waals surface area (Å²) in [6.45, 7) is 7.23. The van der Waals surface area contributed by atoms with E-state index in [1.807, 2.05) is 6.92 Å². The predicted octanol–water partition coefficient (Wildman–Crippen LogP) is 4.27. The van der Waals surface area contributed by atoms with Gasteiger partial charge in [0.15, 0.2) is 19.7 Å². The van der Waals surface area contributed by atoms with E-state index in [2.05, 4.69) is 6.58 Å². The van der Waals surface area contributed by atoms with E-state index in [4.69, 9.17) is 0 Å². The topological polar surface area (TPSA) is 68.3 Å². The fourth-order valence-corrected chi connectivity index (χ4v) is 7.58. The van der Waals surface area contributed by atoms with Gasteiger partial charge in [0.25, 0.3) is 0 Å². The van der Waals surface area contributed by atoms with Gasteiger partial charge in [-0.2, -0.15) is 0 Å². The van der Waals surface area contributed by atoms with Crippen LogP contribution in [-0.2, 0) is 19.7 Å². The number of rotatable bonds is 5. The van der Waals surface area contributed by atoms with Gasteiger partial charge in [-0.05, 0) is 50.3 Å². The summed E-state index contributed by atoms with van der Waals surface area (Å²) in [5, 5.41) is -1.70. The van der Waals surface area contributed by atoms with Crippen LogP contribution < -0.4 is 0 Å². The van der Waals surface area contributed by atoms with Crippen molar-refractivity contribution in [1.29, 1.82) is 0 Å². The summed E-state index contributed by atoms with van der Waals surface area (Å²) >= 11 is 0. The number of benzene rings is 2. The maximum absolute atomic E-state index is 14.1. The van der Waals surface area contributed by atoms with Crippen LogP contribution in [0.1, 0.15) is 11.1 Å². The molecular formula is C22H21FO4S2. The molecule has 0 heterocycles. The molecule has 2 aromatic rings. The minimum atomic E-state index is -4.26. The number of hydrogen-bond donors (Lipinski definition) is 0. The standard InChI is InChI=1S/C22H21FO4S2/c1-4-22(29(26,27)20-11-7-17(3)8-12-20)14-13-18(23)15-21(22)28(24,25)19-9-5-16(2)6-10-19/h4-15,21H,1H2,2-3H3/t21-,22-/m1/s1. The first-order valence-corrected chi connectivity index (χ1v) is 11.9. The van der Waals surface area contributed by atoms with Gasteiger partial charge in [-0.1, -0.05) is 47.5 Å². The molecule has 2 atom stereocenters. The Labute approximate surface area is 170 Å². The summed E-state index contributed by atoms with van der Waals surface area (Å²) in [4.78, 5) is -0.148.